The normalized spacial score (nSPS) is 9.58. The number of rotatable bonds is 4. The molecule has 0 N–H and O–H groups in total. The van der Waals surface area contributed by atoms with E-state index in [4.69, 9.17) is 4.74 Å². The zero-order valence-corrected chi connectivity index (χ0v) is 14.8. The quantitative estimate of drug-likeness (QED) is 0.436. The lowest BCUT2D eigenvalue weighted by Gasteiger charge is -2.10. The molecule has 0 bridgehead atoms. The van der Waals surface area contributed by atoms with Crippen molar-refractivity contribution < 1.29 is 4.74 Å². The van der Waals surface area contributed by atoms with Gasteiger partial charge in [0.1, 0.15) is 5.75 Å². The second-order valence-corrected chi connectivity index (χ2v) is 5.70. The van der Waals surface area contributed by atoms with E-state index < -0.39 is 0 Å². The molecular weight excluding hydrogens is 316 g/mol. The highest BCUT2D eigenvalue weighted by atomic mass is 16.5. The lowest BCUT2D eigenvalue weighted by molar-refractivity contribution is 0.415. The number of methoxy groups -OCH3 is 1. The zero-order chi connectivity index (χ0) is 18.2. The maximum Gasteiger partial charge on any atom is 0.118 e. The van der Waals surface area contributed by atoms with Crippen LogP contribution in [0.3, 0.4) is 0 Å². The van der Waals surface area contributed by atoms with E-state index in [1.807, 2.05) is 66.7 Å². The SMILES string of the molecule is C=CC(C#Cc1ccc(OC)cc1)=C(c1ccccc1)c1ccccc1. The first kappa shape index (κ1) is 17.3. The van der Waals surface area contributed by atoms with Crippen LogP contribution in [-0.4, -0.2) is 7.11 Å². The van der Waals surface area contributed by atoms with Crippen LogP contribution in [-0.2, 0) is 0 Å². The van der Waals surface area contributed by atoms with E-state index in [1.54, 1.807) is 7.11 Å². The van der Waals surface area contributed by atoms with Crippen molar-refractivity contribution in [1.82, 2.24) is 0 Å². The Bertz CT molecular complexity index is 912. The molecular formula is C25H20O. The van der Waals surface area contributed by atoms with Crippen LogP contribution in [0.15, 0.2) is 103 Å². The molecule has 1 nitrogen and oxygen atoms in total. The lowest BCUT2D eigenvalue weighted by Crippen LogP contribution is -1.92. The first-order chi connectivity index (χ1) is 12.8. The van der Waals surface area contributed by atoms with E-state index in [0.29, 0.717) is 0 Å². The smallest absolute Gasteiger partial charge is 0.118 e. The predicted octanol–water partition coefficient (Wildman–Crippen LogP) is 5.73. The highest BCUT2D eigenvalue weighted by Gasteiger charge is 2.08. The van der Waals surface area contributed by atoms with Crippen LogP contribution < -0.4 is 4.74 Å². The topological polar surface area (TPSA) is 9.23 Å². The van der Waals surface area contributed by atoms with Gasteiger partial charge >= 0.3 is 0 Å². The molecule has 0 aliphatic heterocycles. The molecule has 26 heavy (non-hydrogen) atoms. The highest BCUT2D eigenvalue weighted by Crippen LogP contribution is 2.27. The third-order valence-electron chi connectivity index (χ3n) is 4.03. The highest BCUT2D eigenvalue weighted by molar-refractivity contribution is 5.86. The maximum absolute atomic E-state index is 5.20. The summed E-state index contributed by atoms with van der Waals surface area (Å²) in [7, 11) is 1.66. The molecule has 3 rings (SSSR count). The second kappa shape index (κ2) is 8.55. The number of hydrogen-bond acceptors (Lipinski definition) is 1. The molecule has 0 radical (unpaired) electrons. The Morgan fingerprint density at radius 1 is 0.808 bits per heavy atom. The molecule has 0 fully saturated rings. The Morgan fingerprint density at radius 2 is 1.35 bits per heavy atom. The summed E-state index contributed by atoms with van der Waals surface area (Å²) in [4.78, 5) is 0. The molecule has 0 saturated carbocycles. The van der Waals surface area contributed by atoms with Crippen molar-refractivity contribution in [3.8, 4) is 17.6 Å². The summed E-state index contributed by atoms with van der Waals surface area (Å²) in [6, 6.07) is 28.3. The molecule has 0 aliphatic rings. The van der Waals surface area contributed by atoms with E-state index in [0.717, 1.165) is 33.6 Å². The molecule has 0 aromatic heterocycles. The zero-order valence-electron chi connectivity index (χ0n) is 14.8. The summed E-state index contributed by atoms with van der Waals surface area (Å²) >= 11 is 0. The van der Waals surface area contributed by atoms with Crippen LogP contribution in [0.5, 0.6) is 5.75 Å². The Balaban J connectivity index is 2.10. The van der Waals surface area contributed by atoms with E-state index in [2.05, 4.69) is 42.7 Å². The molecule has 0 saturated heterocycles. The van der Waals surface area contributed by atoms with Crippen molar-refractivity contribution in [2.45, 2.75) is 0 Å². The van der Waals surface area contributed by atoms with Crippen molar-refractivity contribution in [3.63, 3.8) is 0 Å². The van der Waals surface area contributed by atoms with Gasteiger partial charge in [-0.1, -0.05) is 85.2 Å². The second-order valence-electron chi connectivity index (χ2n) is 5.70. The number of benzene rings is 3. The number of hydrogen-bond donors (Lipinski definition) is 0. The molecule has 0 atom stereocenters. The molecule has 3 aromatic carbocycles. The third-order valence-corrected chi connectivity index (χ3v) is 4.03. The van der Waals surface area contributed by atoms with Gasteiger partial charge in [-0.05, 0) is 35.4 Å². The first-order valence-electron chi connectivity index (χ1n) is 8.45. The molecule has 3 aromatic rings. The first-order valence-corrected chi connectivity index (χ1v) is 8.45. The van der Waals surface area contributed by atoms with Gasteiger partial charge in [0.25, 0.3) is 0 Å². The lowest BCUT2D eigenvalue weighted by atomic mass is 9.93. The van der Waals surface area contributed by atoms with Gasteiger partial charge in [-0.3, -0.25) is 0 Å². The van der Waals surface area contributed by atoms with E-state index >= 15 is 0 Å². The fourth-order valence-corrected chi connectivity index (χ4v) is 2.72. The van der Waals surface area contributed by atoms with Crippen LogP contribution in [0.4, 0.5) is 0 Å². The van der Waals surface area contributed by atoms with Gasteiger partial charge in [-0.25, -0.2) is 0 Å². The summed E-state index contributed by atoms with van der Waals surface area (Å²) in [6.45, 7) is 3.99. The van der Waals surface area contributed by atoms with Crippen molar-refractivity contribution in [3.05, 3.63) is 120 Å². The van der Waals surface area contributed by atoms with Gasteiger partial charge in [0.05, 0.1) is 7.11 Å². The van der Waals surface area contributed by atoms with E-state index in [9.17, 15) is 0 Å². The van der Waals surface area contributed by atoms with Crippen LogP contribution in [0.2, 0.25) is 0 Å². The third kappa shape index (κ3) is 4.12. The van der Waals surface area contributed by atoms with Crippen molar-refractivity contribution in [1.29, 1.82) is 0 Å². The van der Waals surface area contributed by atoms with Crippen LogP contribution in [0, 0.1) is 11.8 Å². The largest absolute Gasteiger partial charge is 0.497 e. The minimum atomic E-state index is 0.823. The maximum atomic E-state index is 5.20. The Kier molecular flexibility index (Phi) is 5.70. The summed E-state index contributed by atoms with van der Waals surface area (Å²) < 4.78 is 5.20. The fourth-order valence-electron chi connectivity index (χ4n) is 2.72. The van der Waals surface area contributed by atoms with Crippen LogP contribution in [0.1, 0.15) is 16.7 Å². The average Bonchev–Trinajstić information content (AvgIpc) is 2.72. The van der Waals surface area contributed by atoms with Crippen molar-refractivity contribution in [2.24, 2.45) is 0 Å². The van der Waals surface area contributed by atoms with Gasteiger partial charge in [-0.2, -0.15) is 0 Å². The molecule has 126 valence electrons. The molecule has 0 heterocycles. The Labute approximate surface area is 155 Å². The number of ether oxygens (including phenoxy) is 1. The van der Waals surface area contributed by atoms with Gasteiger partial charge in [0.2, 0.25) is 0 Å². The van der Waals surface area contributed by atoms with Gasteiger partial charge in [-0.15, -0.1) is 0 Å². The molecule has 1 heteroatoms. The van der Waals surface area contributed by atoms with Gasteiger partial charge < -0.3 is 4.74 Å². The Morgan fingerprint density at radius 3 is 1.81 bits per heavy atom. The fraction of sp³-hybridized carbons (Fsp3) is 0.0400. The van der Waals surface area contributed by atoms with Crippen LogP contribution >= 0.6 is 0 Å². The minimum Gasteiger partial charge on any atom is -0.497 e. The van der Waals surface area contributed by atoms with E-state index in [1.165, 1.54) is 0 Å². The minimum absolute atomic E-state index is 0.823. The summed E-state index contributed by atoms with van der Waals surface area (Å²) in [5.41, 5.74) is 5.17. The monoisotopic (exact) mass is 336 g/mol. The summed E-state index contributed by atoms with van der Waals surface area (Å²) in [5.74, 6) is 7.35. The molecule has 0 spiro atoms. The predicted molar refractivity (Wildman–Crippen MR) is 109 cm³/mol. The molecule has 0 aliphatic carbocycles. The molecule has 0 unspecified atom stereocenters. The average molecular weight is 336 g/mol. The van der Waals surface area contributed by atoms with Crippen LogP contribution in [0.25, 0.3) is 5.57 Å². The van der Waals surface area contributed by atoms with Gasteiger partial charge in [0.15, 0.2) is 0 Å². The van der Waals surface area contributed by atoms with Crippen molar-refractivity contribution in [2.75, 3.05) is 7.11 Å². The van der Waals surface area contributed by atoms with Crippen molar-refractivity contribution >= 4 is 5.57 Å². The van der Waals surface area contributed by atoms with Gasteiger partial charge in [0, 0.05) is 16.7 Å². The Hall–Kier alpha value is -3.50. The summed E-state index contributed by atoms with van der Waals surface area (Å²) in [5, 5.41) is 0. The number of allylic oxidation sites excluding steroid dienone is 2. The van der Waals surface area contributed by atoms with E-state index in [-0.39, 0.29) is 0 Å². The standard InChI is InChI=1S/C25H20O/c1-3-21(17-14-20-15-18-24(26-2)19-16-20)25(22-10-6-4-7-11-22)23-12-8-5-9-13-23/h3-13,15-16,18-19H,1H2,2H3. The molecule has 0 amide bonds. The summed E-state index contributed by atoms with van der Waals surface area (Å²) in [6.07, 6.45) is 1.83.